The van der Waals surface area contributed by atoms with Crippen LogP contribution in [0.3, 0.4) is 0 Å². The van der Waals surface area contributed by atoms with E-state index in [4.69, 9.17) is 21.1 Å². The molecule has 4 aromatic rings. The molecule has 1 aliphatic heterocycles. The van der Waals surface area contributed by atoms with Gasteiger partial charge in [0.05, 0.1) is 22.4 Å². The number of carbonyl (C=O) groups is 4. The summed E-state index contributed by atoms with van der Waals surface area (Å²) in [5.74, 6) is -0.978. The van der Waals surface area contributed by atoms with Crippen molar-refractivity contribution in [3.05, 3.63) is 123 Å². The number of halogens is 1. The van der Waals surface area contributed by atoms with Gasteiger partial charge in [0.1, 0.15) is 11.5 Å². The van der Waals surface area contributed by atoms with Crippen molar-refractivity contribution in [3.8, 4) is 11.5 Å². The van der Waals surface area contributed by atoms with Gasteiger partial charge in [0, 0.05) is 10.6 Å². The van der Waals surface area contributed by atoms with Crippen LogP contribution < -0.4 is 9.64 Å². The fourth-order valence-electron chi connectivity index (χ4n) is 4.50. The predicted molar refractivity (Wildman–Crippen MR) is 151 cm³/mol. The maximum atomic E-state index is 13.3. The lowest BCUT2D eigenvalue weighted by Crippen LogP contribution is -2.29. The van der Waals surface area contributed by atoms with Crippen molar-refractivity contribution in [2.45, 2.75) is 26.9 Å². The van der Waals surface area contributed by atoms with Crippen LogP contribution in [-0.4, -0.2) is 29.7 Å². The Bertz CT molecular complexity index is 1660. The monoisotopic (exact) mass is 553 g/mol. The first-order valence-electron chi connectivity index (χ1n) is 12.5. The molecule has 8 heteroatoms. The zero-order chi connectivity index (χ0) is 28.6. The number of hydrogen-bond donors (Lipinski definition) is 0. The number of carbonyl (C=O) groups excluding carboxylic acids is 4. The number of nitrogens with zero attached hydrogens (tertiary/aromatic N) is 1. The number of para-hydroxylation sites is 1. The predicted octanol–water partition coefficient (Wildman–Crippen LogP) is 6.98. The number of imide groups is 1. The third-order valence-corrected chi connectivity index (χ3v) is 6.84. The molecule has 0 spiro atoms. The highest BCUT2D eigenvalue weighted by Gasteiger charge is 2.37. The van der Waals surface area contributed by atoms with E-state index in [1.54, 1.807) is 42.5 Å². The first-order valence-corrected chi connectivity index (χ1v) is 12.9. The fourth-order valence-corrected chi connectivity index (χ4v) is 4.69. The molecule has 2 amide bonds. The van der Waals surface area contributed by atoms with Crippen molar-refractivity contribution in [2.75, 3.05) is 4.90 Å². The Morgan fingerprint density at radius 3 is 2.10 bits per heavy atom. The van der Waals surface area contributed by atoms with Crippen LogP contribution in [0.25, 0.3) is 0 Å². The van der Waals surface area contributed by atoms with E-state index in [0.717, 1.165) is 21.8 Å². The van der Waals surface area contributed by atoms with Crippen molar-refractivity contribution >= 4 is 40.9 Å². The molecule has 4 aromatic carbocycles. The van der Waals surface area contributed by atoms with Crippen molar-refractivity contribution in [2.24, 2.45) is 0 Å². The second-order valence-electron chi connectivity index (χ2n) is 9.45. The van der Waals surface area contributed by atoms with Crippen molar-refractivity contribution < 1.29 is 28.7 Å². The minimum absolute atomic E-state index is 0.0462. The van der Waals surface area contributed by atoms with Crippen LogP contribution in [0.1, 0.15) is 59.5 Å². The summed E-state index contributed by atoms with van der Waals surface area (Å²) in [5, 5.41) is 0.388. The maximum Gasteiger partial charge on any atom is 0.338 e. The van der Waals surface area contributed by atoms with Crippen LogP contribution in [0.4, 0.5) is 5.69 Å². The molecule has 0 radical (unpaired) electrons. The number of ether oxygens (including phenoxy) is 2. The van der Waals surface area contributed by atoms with Crippen LogP contribution in [0.2, 0.25) is 5.02 Å². The Morgan fingerprint density at radius 2 is 1.43 bits per heavy atom. The summed E-state index contributed by atoms with van der Waals surface area (Å²) in [6.45, 7) is 5.37. The fraction of sp³-hybridized carbons (Fsp3) is 0.125. The number of esters is 1. The molecule has 5 rings (SSSR count). The second-order valence-corrected chi connectivity index (χ2v) is 9.88. The van der Waals surface area contributed by atoms with Gasteiger partial charge in [-0.3, -0.25) is 14.4 Å². The maximum absolute atomic E-state index is 13.3. The van der Waals surface area contributed by atoms with Gasteiger partial charge < -0.3 is 9.47 Å². The number of Topliss-reactive ketones (excluding diaryl/α,β-unsaturated/α-hetero) is 1. The zero-order valence-electron chi connectivity index (χ0n) is 21.9. The molecule has 0 N–H and O–H groups in total. The summed E-state index contributed by atoms with van der Waals surface area (Å²) in [7, 11) is 0. The molecule has 0 aliphatic carbocycles. The number of anilines is 1. The molecule has 1 atom stereocenters. The molecule has 200 valence electrons. The summed E-state index contributed by atoms with van der Waals surface area (Å²) in [6.07, 6.45) is -1.09. The van der Waals surface area contributed by atoms with Crippen LogP contribution in [0.5, 0.6) is 11.5 Å². The molecule has 0 fully saturated rings. The van der Waals surface area contributed by atoms with E-state index < -0.39 is 29.7 Å². The van der Waals surface area contributed by atoms with E-state index in [-0.39, 0.29) is 16.7 Å². The Balaban J connectivity index is 1.31. The molecular formula is C32H24ClNO6. The second kappa shape index (κ2) is 10.8. The van der Waals surface area contributed by atoms with Crippen molar-refractivity contribution in [1.82, 2.24) is 0 Å². The van der Waals surface area contributed by atoms with Gasteiger partial charge in [-0.25, -0.2) is 9.69 Å². The summed E-state index contributed by atoms with van der Waals surface area (Å²) < 4.78 is 11.4. The molecular weight excluding hydrogens is 530 g/mol. The van der Waals surface area contributed by atoms with Crippen LogP contribution in [-0.2, 0) is 4.74 Å². The molecule has 1 heterocycles. The first-order chi connectivity index (χ1) is 19.1. The number of benzene rings is 4. The van der Waals surface area contributed by atoms with Gasteiger partial charge in [0.15, 0.2) is 6.10 Å². The minimum atomic E-state index is -1.09. The third kappa shape index (κ3) is 5.11. The molecule has 1 unspecified atom stereocenters. The number of rotatable bonds is 7. The number of amides is 2. The van der Waals surface area contributed by atoms with Crippen LogP contribution in [0.15, 0.2) is 84.9 Å². The van der Waals surface area contributed by atoms with Crippen molar-refractivity contribution in [3.63, 3.8) is 0 Å². The topological polar surface area (TPSA) is 90.0 Å². The Labute approximate surface area is 235 Å². The number of hydrogen-bond acceptors (Lipinski definition) is 6. The summed E-state index contributed by atoms with van der Waals surface area (Å²) in [6, 6.07) is 22.9. The SMILES string of the molecule is Cc1cccc(C)c1Oc1ccc(N2C(=O)c3ccc(C(=O)OC(C)C(=O)c4cccc(Cl)c4)cc3C2=O)cc1. The van der Waals surface area contributed by atoms with Gasteiger partial charge in [-0.2, -0.15) is 0 Å². The normalized spacial score (nSPS) is 13.2. The number of fused-ring (bicyclic) bond motifs is 1. The molecule has 7 nitrogen and oxygen atoms in total. The van der Waals surface area contributed by atoms with Gasteiger partial charge in [-0.15, -0.1) is 0 Å². The van der Waals surface area contributed by atoms with Gasteiger partial charge in [0.2, 0.25) is 5.78 Å². The van der Waals surface area contributed by atoms with Gasteiger partial charge in [-0.1, -0.05) is 41.9 Å². The highest BCUT2D eigenvalue weighted by Crippen LogP contribution is 2.33. The Kier molecular flexibility index (Phi) is 7.24. The molecule has 1 aliphatic rings. The average molecular weight is 554 g/mol. The van der Waals surface area contributed by atoms with E-state index in [9.17, 15) is 19.2 Å². The lowest BCUT2D eigenvalue weighted by molar-refractivity contribution is 0.0318. The highest BCUT2D eigenvalue weighted by molar-refractivity contribution is 6.34. The largest absolute Gasteiger partial charge is 0.457 e. The third-order valence-electron chi connectivity index (χ3n) is 6.61. The standard InChI is InChI=1S/C32H24ClNO6/c1-18-6-4-7-19(2)29(18)40-25-13-11-24(12-14-25)34-30(36)26-15-10-22(17-27(26)31(34)37)32(38)39-20(3)28(35)21-8-5-9-23(33)16-21/h4-17,20H,1-3H3. The molecule has 0 aromatic heterocycles. The zero-order valence-corrected chi connectivity index (χ0v) is 22.7. The smallest absolute Gasteiger partial charge is 0.338 e. The Hall–Kier alpha value is -4.75. The number of aryl methyl sites for hydroxylation is 2. The van der Waals surface area contributed by atoms with E-state index in [1.165, 1.54) is 31.2 Å². The van der Waals surface area contributed by atoms with E-state index in [0.29, 0.717) is 22.0 Å². The highest BCUT2D eigenvalue weighted by atomic mass is 35.5. The van der Waals surface area contributed by atoms with Crippen LogP contribution in [0, 0.1) is 13.8 Å². The number of ketones is 1. The first kappa shape index (κ1) is 26.8. The van der Waals surface area contributed by atoms with Crippen LogP contribution >= 0.6 is 11.6 Å². The summed E-state index contributed by atoms with van der Waals surface area (Å²) in [5.41, 5.74) is 2.94. The van der Waals surface area contributed by atoms with Crippen molar-refractivity contribution in [1.29, 1.82) is 0 Å². The quantitative estimate of drug-likeness (QED) is 0.139. The molecule has 0 saturated carbocycles. The van der Waals surface area contributed by atoms with Gasteiger partial charge >= 0.3 is 5.97 Å². The van der Waals surface area contributed by atoms with E-state index >= 15 is 0 Å². The Morgan fingerprint density at radius 1 is 0.775 bits per heavy atom. The van der Waals surface area contributed by atoms with Gasteiger partial charge in [0.25, 0.3) is 11.8 Å². The lowest BCUT2D eigenvalue weighted by Gasteiger charge is -2.15. The minimum Gasteiger partial charge on any atom is -0.457 e. The van der Waals surface area contributed by atoms with Gasteiger partial charge in [-0.05, 0) is 86.5 Å². The molecule has 0 saturated heterocycles. The molecule has 0 bridgehead atoms. The summed E-state index contributed by atoms with van der Waals surface area (Å²) in [4.78, 5) is 52.9. The van der Waals surface area contributed by atoms with E-state index in [2.05, 4.69) is 0 Å². The summed E-state index contributed by atoms with van der Waals surface area (Å²) >= 11 is 5.95. The molecule has 40 heavy (non-hydrogen) atoms. The average Bonchev–Trinajstić information content (AvgIpc) is 3.19. The van der Waals surface area contributed by atoms with E-state index in [1.807, 2.05) is 32.0 Å². The lowest BCUT2D eigenvalue weighted by atomic mass is 10.1.